The van der Waals surface area contributed by atoms with E-state index in [1.807, 2.05) is 0 Å². The molecule has 1 aliphatic heterocycles. The Labute approximate surface area is 86.8 Å². The largest absolute Gasteiger partial charge is 0.381 e. The quantitative estimate of drug-likeness (QED) is 0.622. The molecule has 0 aromatic rings. The van der Waals surface area contributed by atoms with Gasteiger partial charge in [-0.3, -0.25) is 0 Å². The molecule has 2 unspecified atom stereocenters. The van der Waals surface area contributed by atoms with Crippen molar-refractivity contribution in [3.63, 3.8) is 0 Å². The lowest BCUT2D eigenvalue weighted by Crippen LogP contribution is -2.18. The van der Waals surface area contributed by atoms with E-state index in [4.69, 9.17) is 16.3 Å². The summed E-state index contributed by atoms with van der Waals surface area (Å²) in [6.45, 7) is 4.13. The summed E-state index contributed by atoms with van der Waals surface area (Å²) in [5.41, 5.74) is 0. The Bertz CT molecular complexity index is 121. The molecule has 1 aliphatic rings. The number of hydrogen-bond acceptors (Lipinski definition) is 1. The first-order valence-corrected chi connectivity index (χ1v) is 5.98. The first-order chi connectivity index (χ1) is 6.33. The van der Waals surface area contributed by atoms with Gasteiger partial charge in [-0.05, 0) is 38.0 Å². The lowest BCUT2D eigenvalue weighted by molar-refractivity contribution is 0.0508. The maximum atomic E-state index is 6.16. The fourth-order valence-corrected chi connectivity index (χ4v) is 2.25. The molecule has 2 atom stereocenters. The monoisotopic (exact) mass is 204 g/mol. The third-order valence-electron chi connectivity index (χ3n) is 2.74. The molecular formula is C11H21ClO. The molecule has 0 bridgehead atoms. The van der Waals surface area contributed by atoms with Crippen molar-refractivity contribution in [3.8, 4) is 0 Å². The summed E-state index contributed by atoms with van der Waals surface area (Å²) in [4.78, 5) is 0. The molecule has 13 heavy (non-hydrogen) atoms. The zero-order chi connectivity index (χ0) is 9.52. The molecule has 0 saturated carbocycles. The van der Waals surface area contributed by atoms with Crippen molar-refractivity contribution in [2.75, 3.05) is 13.2 Å². The van der Waals surface area contributed by atoms with Crippen molar-refractivity contribution in [2.45, 2.75) is 50.8 Å². The molecule has 0 aliphatic carbocycles. The standard InChI is InChI=1S/C11H21ClO/c1-2-4-11(12)7-6-10-5-3-8-13-9-10/h10-11H,2-9H2,1H3. The highest BCUT2D eigenvalue weighted by atomic mass is 35.5. The van der Waals surface area contributed by atoms with Gasteiger partial charge in [-0.1, -0.05) is 13.3 Å². The third kappa shape index (κ3) is 4.87. The van der Waals surface area contributed by atoms with Crippen LogP contribution < -0.4 is 0 Å². The number of halogens is 1. The first-order valence-electron chi connectivity index (χ1n) is 5.54. The van der Waals surface area contributed by atoms with E-state index in [2.05, 4.69) is 6.92 Å². The number of hydrogen-bond donors (Lipinski definition) is 0. The Hall–Kier alpha value is 0.250. The predicted molar refractivity (Wildman–Crippen MR) is 57.3 cm³/mol. The summed E-state index contributed by atoms with van der Waals surface area (Å²) in [5, 5.41) is 0.395. The highest BCUT2D eigenvalue weighted by Crippen LogP contribution is 2.22. The van der Waals surface area contributed by atoms with Gasteiger partial charge < -0.3 is 4.74 Å². The molecule has 0 aromatic heterocycles. The fraction of sp³-hybridized carbons (Fsp3) is 1.00. The van der Waals surface area contributed by atoms with Crippen LogP contribution in [0.1, 0.15) is 45.4 Å². The van der Waals surface area contributed by atoms with Crippen molar-refractivity contribution < 1.29 is 4.74 Å². The van der Waals surface area contributed by atoms with Crippen molar-refractivity contribution in [1.82, 2.24) is 0 Å². The molecule has 1 fully saturated rings. The van der Waals surface area contributed by atoms with Crippen LogP contribution in [-0.2, 0) is 4.74 Å². The maximum absolute atomic E-state index is 6.16. The van der Waals surface area contributed by atoms with E-state index in [-0.39, 0.29) is 0 Å². The SMILES string of the molecule is CCCC(Cl)CCC1CCCOC1. The Morgan fingerprint density at radius 2 is 2.31 bits per heavy atom. The Morgan fingerprint density at radius 3 is 2.92 bits per heavy atom. The molecule has 1 saturated heterocycles. The third-order valence-corrected chi connectivity index (χ3v) is 3.18. The van der Waals surface area contributed by atoms with E-state index >= 15 is 0 Å². The minimum Gasteiger partial charge on any atom is -0.381 e. The molecule has 0 amide bonds. The van der Waals surface area contributed by atoms with Crippen LogP contribution in [-0.4, -0.2) is 18.6 Å². The Balaban J connectivity index is 2.03. The van der Waals surface area contributed by atoms with Crippen LogP contribution >= 0.6 is 11.6 Å². The lowest BCUT2D eigenvalue weighted by Gasteiger charge is -2.22. The van der Waals surface area contributed by atoms with Gasteiger partial charge in [0.15, 0.2) is 0 Å². The van der Waals surface area contributed by atoms with Gasteiger partial charge in [0.25, 0.3) is 0 Å². The van der Waals surface area contributed by atoms with Gasteiger partial charge in [-0.25, -0.2) is 0 Å². The van der Waals surface area contributed by atoms with Gasteiger partial charge in [0.2, 0.25) is 0 Å². The molecule has 1 rings (SSSR count). The molecule has 0 radical (unpaired) electrons. The second kappa shape index (κ2) is 6.67. The minimum absolute atomic E-state index is 0.395. The number of alkyl halides is 1. The average molecular weight is 205 g/mol. The highest BCUT2D eigenvalue weighted by molar-refractivity contribution is 6.20. The second-order valence-corrected chi connectivity index (χ2v) is 4.66. The summed E-state index contributed by atoms with van der Waals surface area (Å²) in [6, 6.07) is 0. The molecule has 1 heterocycles. The Morgan fingerprint density at radius 1 is 1.46 bits per heavy atom. The second-order valence-electron chi connectivity index (χ2n) is 4.05. The molecular weight excluding hydrogens is 184 g/mol. The van der Waals surface area contributed by atoms with E-state index in [0.29, 0.717) is 5.38 Å². The lowest BCUT2D eigenvalue weighted by atomic mass is 9.95. The molecule has 0 spiro atoms. The van der Waals surface area contributed by atoms with Crippen LogP contribution in [0, 0.1) is 5.92 Å². The van der Waals surface area contributed by atoms with Crippen LogP contribution in [0.25, 0.3) is 0 Å². The van der Waals surface area contributed by atoms with E-state index in [1.54, 1.807) is 0 Å². The smallest absolute Gasteiger partial charge is 0.0494 e. The van der Waals surface area contributed by atoms with Gasteiger partial charge in [0.1, 0.15) is 0 Å². The number of ether oxygens (including phenoxy) is 1. The van der Waals surface area contributed by atoms with Gasteiger partial charge in [-0.15, -0.1) is 11.6 Å². The van der Waals surface area contributed by atoms with Crippen molar-refractivity contribution in [1.29, 1.82) is 0 Å². The van der Waals surface area contributed by atoms with Gasteiger partial charge in [0.05, 0.1) is 0 Å². The van der Waals surface area contributed by atoms with E-state index in [9.17, 15) is 0 Å². The first kappa shape index (κ1) is 11.3. The van der Waals surface area contributed by atoms with Gasteiger partial charge in [0, 0.05) is 18.6 Å². The number of rotatable bonds is 5. The predicted octanol–water partition coefficient (Wildman–Crippen LogP) is 3.60. The van der Waals surface area contributed by atoms with E-state index in [0.717, 1.165) is 25.6 Å². The van der Waals surface area contributed by atoms with Crippen molar-refractivity contribution in [3.05, 3.63) is 0 Å². The summed E-state index contributed by atoms with van der Waals surface area (Å²) in [5.74, 6) is 0.784. The molecule has 2 heteroatoms. The fourth-order valence-electron chi connectivity index (χ4n) is 1.91. The van der Waals surface area contributed by atoms with Crippen LogP contribution in [0.5, 0.6) is 0 Å². The minimum atomic E-state index is 0.395. The maximum Gasteiger partial charge on any atom is 0.0494 e. The molecule has 78 valence electrons. The van der Waals surface area contributed by atoms with Crippen molar-refractivity contribution >= 4 is 11.6 Å². The van der Waals surface area contributed by atoms with Crippen LogP contribution in [0.3, 0.4) is 0 Å². The molecule has 0 N–H and O–H groups in total. The Kier molecular flexibility index (Phi) is 5.81. The molecule has 1 nitrogen and oxygen atoms in total. The van der Waals surface area contributed by atoms with E-state index in [1.165, 1.54) is 32.1 Å². The van der Waals surface area contributed by atoms with Crippen LogP contribution in [0.15, 0.2) is 0 Å². The zero-order valence-corrected chi connectivity index (χ0v) is 9.35. The van der Waals surface area contributed by atoms with Crippen molar-refractivity contribution in [2.24, 2.45) is 5.92 Å². The van der Waals surface area contributed by atoms with Crippen LogP contribution in [0.2, 0.25) is 0 Å². The summed E-state index contributed by atoms with van der Waals surface area (Å²) >= 11 is 6.16. The highest BCUT2D eigenvalue weighted by Gasteiger charge is 2.15. The normalized spacial score (nSPS) is 25.8. The van der Waals surface area contributed by atoms with Crippen LogP contribution in [0.4, 0.5) is 0 Å². The van der Waals surface area contributed by atoms with Gasteiger partial charge >= 0.3 is 0 Å². The molecule has 0 aromatic carbocycles. The zero-order valence-electron chi connectivity index (χ0n) is 8.60. The van der Waals surface area contributed by atoms with Gasteiger partial charge in [-0.2, -0.15) is 0 Å². The summed E-state index contributed by atoms with van der Waals surface area (Å²) in [6.07, 6.45) is 7.38. The topological polar surface area (TPSA) is 9.23 Å². The summed E-state index contributed by atoms with van der Waals surface area (Å²) in [7, 11) is 0. The van der Waals surface area contributed by atoms with E-state index < -0.39 is 0 Å². The summed E-state index contributed by atoms with van der Waals surface area (Å²) < 4.78 is 5.43. The average Bonchev–Trinajstić information content (AvgIpc) is 2.17.